The van der Waals surface area contributed by atoms with Crippen molar-refractivity contribution in [3.8, 4) is 5.75 Å². The van der Waals surface area contributed by atoms with Crippen molar-refractivity contribution in [1.82, 2.24) is 9.88 Å². The van der Waals surface area contributed by atoms with Crippen molar-refractivity contribution in [3.05, 3.63) is 64.6 Å². The molecule has 0 atom stereocenters. The van der Waals surface area contributed by atoms with Gasteiger partial charge in [0.05, 0.1) is 7.11 Å². The minimum atomic E-state index is -0.573. The molecule has 0 spiro atoms. The van der Waals surface area contributed by atoms with Gasteiger partial charge < -0.3 is 14.4 Å². The number of carbonyl (C=O) groups excluding carboxylic acids is 2. The highest BCUT2D eigenvalue weighted by Crippen LogP contribution is 2.22. The Bertz CT molecular complexity index is 999. The van der Waals surface area contributed by atoms with Gasteiger partial charge in [-0.05, 0) is 40.6 Å². The van der Waals surface area contributed by atoms with Gasteiger partial charge >= 0.3 is 5.97 Å². The number of nitrogens with zero attached hydrogens (tertiary/aromatic N) is 2. The monoisotopic (exact) mass is 396 g/mol. The lowest BCUT2D eigenvalue weighted by Crippen LogP contribution is -2.30. The maximum Gasteiger partial charge on any atom is 0.331 e. The molecule has 28 heavy (non-hydrogen) atoms. The van der Waals surface area contributed by atoms with Gasteiger partial charge in [-0.3, -0.25) is 4.79 Å². The largest absolute Gasteiger partial charge is 0.497 e. The molecule has 0 aliphatic carbocycles. The van der Waals surface area contributed by atoms with Gasteiger partial charge in [-0.1, -0.05) is 18.2 Å². The summed E-state index contributed by atoms with van der Waals surface area (Å²) in [5, 5.41) is 4.65. The van der Waals surface area contributed by atoms with Crippen molar-refractivity contribution < 1.29 is 19.1 Å². The summed E-state index contributed by atoms with van der Waals surface area (Å²) in [7, 11) is 3.32. The molecule has 144 valence electrons. The first-order chi connectivity index (χ1) is 13.5. The van der Waals surface area contributed by atoms with Gasteiger partial charge in [0.15, 0.2) is 6.61 Å². The van der Waals surface area contributed by atoms with E-state index >= 15 is 0 Å². The zero-order valence-corrected chi connectivity index (χ0v) is 16.4. The number of hydrogen-bond acceptors (Lipinski definition) is 6. The summed E-state index contributed by atoms with van der Waals surface area (Å²) in [4.78, 5) is 29.5. The first-order valence-corrected chi connectivity index (χ1v) is 9.48. The normalized spacial score (nSPS) is 10.9. The van der Waals surface area contributed by atoms with Gasteiger partial charge in [0, 0.05) is 31.2 Å². The van der Waals surface area contributed by atoms with Crippen LogP contribution < -0.4 is 4.74 Å². The number of esters is 1. The number of rotatable bonds is 7. The molecule has 0 bridgehead atoms. The van der Waals surface area contributed by atoms with Crippen LogP contribution in [0.25, 0.3) is 16.8 Å². The molecule has 2 aromatic carbocycles. The smallest absolute Gasteiger partial charge is 0.331 e. The predicted molar refractivity (Wildman–Crippen MR) is 109 cm³/mol. The van der Waals surface area contributed by atoms with E-state index in [0.29, 0.717) is 11.6 Å². The van der Waals surface area contributed by atoms with Crippen LogP contribution >= 0.6 is 11.3 Å². The fourth-order valence-electron chi connectivity index (χ4n) is 2.61. The Morgan fingerprint density at radius 1 is 1.18 bits per heavy atom. The Hall–Kier alpha value is -3.19. The van der Waals surface area contributed by atoms with Crippen molar-refractivity contribution in [2.75, 3.05) is 20.8 Å². The fourth-order valence-corrected chi connectivity index (χ4v) is 3.14. The summed E-state index contributed by atoms with van der Waals surface area (Å²) in [6.45, 7) is 0.121. The maximum absolute atomic E-state index is 12.2. The van der Waals surface area contributed by atoms with E-state index < -0.39 is 5.97 Å². The molecule has 0 fully saturated rings. The summed E-state index contributed by atoms with van der Waals surface area (Å²) in [6.07, 6.45) is 4.48. The molecule has 0 saturated heterocycles. The van der Waals surface area contributed by atoms with E-state index in [2.05, 4.69) is 4.98 Å². The molecule has 0 saturated carbocycles. The molecule has 0 unspecified atom stereocenters. The quantitative estimate of drug-likeness (QED) is 0.451. The second-order valence-electron chi connectivity index (χ2n) is 6.11. The molecular weight excluding hydrogens is 376 g/mol. The molecule has 0 aliphatic rings. The first-order valence-electron chi connectivity index (χ1n) is 8.60. The second kappa shape index (κ2) is 9.14. The van der Waals surface area contributed by atoms with Gasteiger partial charge in [-0.2, -0.15) is 0 Å². The minimum absolute atomic E-state index is 0.272. The lowest BCUT2D eigenvalue weighted by molar-refractivity contribution is -0.147. The number of amides is 1. The van der Waals surface area contributed by atoms with Crippen LogP contribution in [0.1, 0.15) is 10.6 Å². The highest BCUT2D eigenvalue weighted by atomic mass is 32.1. The maximum atomic E-state index is 12.2. The number of benzene rings is 2. The Morgan fingerprint density at radius 2 is 1.96 bits per heavy atom. The Kier molecular flexibility index (Phi) is 6.39. The molecule has 0 N–H and O–H groups in total. The van der Waals surface area contributed by atoms with E-state index in [1.165, 1.54) is 22.3 Å². The molecule has 1 amide bonds. The SMILES string of the molecule is COc1ccc2cc(CN(C)C(=O)COC(=O)/C=C/c3nccs3)ccc2c1. The Labute approximate surface area is 167 Å². The topological polar surface area (TPSA) is 68.7 Å². The number of likely N-dealkylation sites (N-methyl/N-ethyl adjacent to an activating group) is 1. The Balaban J connectivity index is 1.53. The zero-order chi connectivity index (χ0) is 19.9. The van der Waals surface area contributed by atoms with Crippen LogP contribution in [0.3, 0.4) is 0 Å². The molecular formula is C21H20N2O4S. The van der Waals surface area contributed by atoms with Crippen LogP contribution in [0.4, 0.5) is 0 Å². The first kappa shape index (κ1) is 19.6. The summed E-state index contributed by atoms with van der Waals surface area (Å²) in [6, 6.07) is 11.8. The standard InChI is InChI=1S/C21H20N2O4S/c1-23(20(24)14-27-21(25)8-7-19-22-9-10-28-19)13-15-3-4-17-12-18(26-2)6-5-16(17)11-15/h3-12H,13-14H2,1-2H3/b8-7+. The number of carbonyl (C=O) groups is 2. The van der Waals surface area contributed by atoms with Crippen molar-refractivity contribution in [2.24, 2.45) is 0 Å². The van der Waals surface area contributed by atoms with E-state index in [4.69, 9.17) is 9.47 Å². The third kappa shape index (κ3) is 5.17. The average Bonchev–Trinajstić information content (AvgIpc) is 3.23. The van der Waals surface area contributed by atoms with E-state index in [1.807, 2.05) is 41.8 Å². The third-order valence-corrected chi connectivity index (χ3v) is 4.85. The van der Waals surface area contributed by atoms with Crippen LogP contribution in [-0.4, -0.2) is 42.5 Å². The van der Waals surface area contributed by atoms with Crippen LogP contribution in [-0.2, 0) is 20.9 Å². The molecule has 1 heterocycles. The lowest BCUT2D eigenvalue weighted by Gasteiger charge is -2.17. The molecule has 3 aromatic rings. The summed E-state index contributed by atoms with van der Waals surface area (Å²) >= 11 is 1.41. The zero-order valence-electron chi connectivity index (χ0n) is 15.6. The van der Waals surface area contributed by atoms with E-state index in [9.17, 15) is 9.59 Å². The number of aromatic nitrogens is 1. The van der Waals surface area contributed by atoms with Crippen LogP contribution in [0.15, 0.2) is 54.1 Å². The Morgan fingerprint density at radius 3 is 2.71 bits per heavy atom. The molecule has 0 radical (unpaired) electrons. The van der Waals surface area contributed by atoms with Gasteiger partial charge in [0.1, 0.15) is 10.8 Å². The van der Waals surface area contributed by atoms with E-state index in [1.54, 1.807) is 26.4 Å². The molecule has 3 rings (SSSR count). The van der Waals surface area contributed by atoms with Gasteiger partial charge in [-0.25, -0.2) is 9.78 Å². The number of ether oxygens (including phenoxy) is 2. The number of fused-ring (bicyclic) bond motifs is 1. The van der Waals surface area contributed by atoms with Gasteiger partial charge in [0.2, 0.25) is 0 Å². The fraction of sp³-hybridized carbons (Fsp3) is 0.190. The molecule has 1 aromatic heterocycles. The lowest BCUT2D eigenvalue weighted by atomic mass is 10.1. The van der Waals surface area contributed by atoms with Crippen LogP contribution in [0, 0.1) is 0 Å². The predicted octanol–water partition coefficient (Wildman–Crippen LogP) is 3.52. The molecule has 0 aliphatic heterocycles. The number of hydrogen-bond donors (Lipinski definition) is 0. The minimum Gasteiger partial charge on any atom is -0.497 e. The summed E-state index contributed by atoms with van der Waals surface area (Å²) < 4.78 is 10.2. The highest BCUT2D eigenvalue weighted by Gasteiger charge is 2.12. The average molecular weight is 396 g/mol. The third-order valence-electron chi connectivity index (χ3n) is 4.11. The van der Waals surface area contributed by atoms with Crippen molar-refractivity contribution in [2.45, 2.75) is 6.54 Å². The van der Waals surface area contributed by atoms with Gasteiger partial charge in [-0.15, -0.1) is 11.3 Å². The van der Waals surface area contributed by atoms with E-state index in [0.717, 1.165) is 22.1 Å². The number of thiazole rings is 1. The molecule has 6 nitrogen and oxygen atoms in total. The van der Waals surface area contributed by atoms with Crippen molar-refractivity contribution in [1.29, 1.82) is 0 Å². The highest BCUT2D eigenvalue weighted by molar-refractivity contribution is 7.10. The molecule has 7 heteroatoms. The van der Waals surface area contributed by atoms with Gasteiger partial charge in [0.25, 0.3) is 5.91 Å². The summed E-state index contributed by atoms with van der Waals surface area (Å²) in [5.41, 5.74) is 0.989. The number of methoxy groups -OCH3 is 1. The second-order valence-corrected chi connectivity index (χ2v) is 7.03. The van der Waals surface area contributed by atoms with Crippen molar-refractivity contribution in [3.63, 3.8) is 0 Å². The van der Waals surface area contributed by atoms with E-state index in [-0.39, 0.29) is 12.5 Å². The van der Waals surface area contributed by atoms with Crippen LogP contribution in [0.2, 0.25) is 0 Å². The van der Waals surface area contributed by atoms with Crippen molar-refractivity contribution >= 4 is 40.1 Å². The summed E-state index contributed by atoms with van der Waals surface area (Å²) in [5.74, 6) is -0.0410. The van der Waals surface area contributed by atoms with Crippen LogP contribution in [0.5, 0.6) is 5.75 Å².